The molecular weight excluding hydrogens is 431 g/mol. The van der Waals surface area contributed by atoms with Crippen molar-refractivity contribution >= 4 is 17.5 Å². The van der Waals surface area contributed by atoms with Gasteiger partial charge in [-0.25, -0.2) is 0 Å². The first kappa shape index (κ1) is 23.3. The molecule has 4 rings (SSSR count). The third-order valence-electron chi connectivity index (χ3n) is 6.70. The Kier molecular flexibility index (Phi) is 6.74. The number of likely N-dealkylation sites (tertiary alicyclic amines) is 1. The lowest BCUT2D eigenvalue weighted by atomic mass is 9.85. The van der Waals surface area contributed by atoms with Gasteiger partial charge in [0, 0.05) is 31.2 Å². The van der Waals surface area contributed by atoms with Crippen molar-refractivity contribution in [2.24, 2.45) is 11.3 Å². The van der Waals surface area contributed by atoms with Gasteiger partial charge in [-0.3, -0.25) is 14.5 Å². The van der Waals surface area contributed by atoms with Crippen molar-refractivity contribution in [1.82, 2.24) is 10.2 Å². The second-order valence-electron chi connectivity index (χ2n) is 9.03. The normalized spacial score (nSPS) is 21.4. The van der Waals surface area contributed by atoms with Gasteiger partial charge in [0.25, 0.3) is 0 Å². The van der Waals surface area contributed by atoms with Crippen molar-refractivity contribution in [1.29, 1.82) is 0 Å². The van der Waals surface area contributed by atoms with Gasteiger partial charge in [0.05, 0.1) is 0 Å². The maximum atomic E-state index is 14.1. The molecule has 2 fully saturated rings. The van der Waals surface area contributed by atoms with E-state index < -0.39 is 17.5 Å². The van der Waals surface area contributed by atoms with Crippen LogP contribution in [0.2, 0.25) is 0 Å². The molecule has 2 amide bonds. The van der Waals surface area contributed by atoms with E-state index in [1.807, 2.05) is 30.3 Å². The van der Waals surface area contributed by atoms with Gasteiger partial charge in [0.1, 0.15) is 0 Å². The highest BCUT2D eigenvalue weighted by molar-refractivity contribution is 5.93. The van der Waals surface area contributed by atoms with Crippen molar-refractivity contribution in [3.63, 3.8) is 0 Å². The minimum atomic E-state index is -4.65. The van der Waals surface area contributed by atoms with E-state index in [-0.39, 0.29) is 37.9 Å². The molecule has 1 atom stereocenters. The molecule has 1 saturated carbocycles. The largest absolute Gasteiger partial charge is 0.404 e. The van der Waals surface area contributed by atoms with E-state index in [4.69, 9.17) is 0 Å². The lowest BCUT2D eigenvalue weighted by Gasteiger charge is -2.30. The van der Waals surface area contributed by atoms with Crippen LogP contribution in [0.1, 0.15) is 36.8 Å². The molecule has 33 heavy (non-hydrogen) atoms. The maximum Gasteiger partial charge on any atom is 0.404 e. The zero-order chi connectivity index (χ0) is 23.5. The highest BCUT2D eigenvalue weighted by Gasteiger charge is 2.62. The number of halogens is 3. The monoisotopic (exact) mass is 459 g/mol. The van der Waals surface area contributed by atoms with E-state index in [2.05, 4.69) is 10.6 Å². The van der Waals surface area contributed by atoms with Crippen LogP contribution in [0, 0.1) is 11.3 Å². The number of amides is 2. The standard InChI is InChI=1S/C25H28F3N3O2/c26-25(27,28)24(12-13-31(17-24)16-18-6-2-1-3-7-18)23(33)29-15-19-8-4-11-21(14-19)30-22(32)20-9-5-10-20/h1-4,6-8,11,14,20H,5,9-10,12-13,15-17H2,(H,29,33)(H,30,32). The summed E-state index contributed by atoms with van der Waals surface area (Å²) in [6, 6.07) is 16.1. The van der Waals surface area contributed by atoms with Gasteiger partial charge < -0.3 is 10.6 Å². The van der Waals surface area contributed by atoms with Crippen molar-refractivity contribution < 1.29 is 22.8 Å². The Balaban J connectivity index is 1.39. The summed E-state index contributed by atoms with van der Waals surface area (Å²) in [5, 5.41) is 5.35. The van der Waals surface area contributed by atoms with Crippen LogP contribution in [0.3, 0.4) is 0 Å². The molecule has 1 saturated heterocycles. The second kappa shape index (κ2) is 9.55. The van der Waals surface area contributed by atoms with Gasteiger partial charge in [-0.15, -0.1) is 0 Å². The Morgan fingerprint density at radius 2 is 1.76 bits per heavy atom. The Labute approximate surface area is 191 Å². The number of hydrogen-bond donors (Lipinski definition) is 2. The van der Waals surface area contributed by atoms with E-state index in [0.29, 0.717) is 17.8 Å². The fraction of sp³-hybridized carbons (Fsp3) is 0.440. The summed E-state index contributed by atoms with van der Waals surface area (Å²) < 4.78 is 42.3. The van der Waals surface area contributed by atoms with Gasteiger partial charge in [0.2, 0.25) is 11.8 Å². The molecule has 0 aromatic heterocycles. The number of anilines is 1. The number of rotatable bonds is 7. The maximum absolute atomic E-state index is 14.1. The van der Waals surface area contributed by atoms with Crippen molar-refractivity contribution in [3.8, 4) is 0 Å². The number of carbonyl (C=O) groups is 2. The Morgan fingerprint density at radius 3 is 2.42 bits per heavy atom. The molecule has 2 N–H and O–H groups in total. The predicted octanol–water partition coefficient (Wildman–Crippen LogP) is 4.50. The zero-order valence-corrected chi connectivity index (χ0v) is 18.3. The van der Waals surface area contributed by atoms with Crippen LogP contribution in [0.5, 0.6) is 0 Å². The fourth-order valence-electron chi connectivity index (χ4n) is 4.44. The molecule has 2 aromatic rings. The number of alkyl halides is 3. The Hall–Kier alpha value is -2.87. The van der Waals surface area contributed by atoms with E-state index in [1.54, 1.807) is 29.2 Å². The summed E-state index contributed by atoms with van der Waals surface area (Å²) >= 11 is 0. The second-order valence-corrected chi connectivity index (χ2v) is 9.03. The van der Waals surface area contributed by atoms with Crippen LogP contribution in [-0.2, 0) is 22.7 Å². The smallest absolute Gasteiger partial charge is 0.351 e. The quantitative estimate of drug-likeness (QED) is 0.641. The van der Waals surface area contributed by atoms with Crippen LogP contribution >= 0.6 is 0 Å². The third-order valence-corrected chi connectivity index (χ3v) is 6.70. The van der Waals surface area contributed by atoms with E-state index >= 15 is 0 Å². The molecule has 1 unspecified atom stereocenters. The first-order valence-corrected chi connectivity index (χ1v) is 11.3. The molecule has 0 spiro atoms. The first-order chi connectivity index (χ1) is 15.8. The van der Waals surface area contributed by atoms with Gasteiger partial charge in [-0.1, -0.05) is 48.9 Å². The molecule has 1 aliphatic heterocycles. The molecule has 2 aliphatic rings. The lowest BCUT2D eigenvalue weighted by molar-refractivity contribution is -0.218. The summed E-state index contributed by atoms with van der Waals surface area (Å²) in [7, 11) is 0. The van der Waals surface area contributed by atoms with Gasteiger partial charge in [-0.2, -0.15) is 13.2 Å². The molecule has 0 bridgehead atoms. The Bertz CT molecular complexity index is 992. The summed E-state index contributed by atoms with van der Waals surface area (Å²) in [5.41, 5.74) is -0.306. The Morgan fingerprint density at radius 1 is 1.03 bits per heavy atom. The van der Waals surface area contributed by atoms with E-state index in [9.17, 15) is 22.8 Å². The molecular formula is C25H28F3N3O2. The van der Waals surface area contributed by atoms with Gasteiger partial charge >= 0.3 is 6.18 Å². The van der Waals surface area contributed by atoms with Gasteiger partial charge in [-0.05, 0) is 49.1 Å². The van der Waals surface area contributed by atoms with Crippen molar-refractivity contribution in [3.05, 3.63) is 65.7 Å². The fourth-order valence-corrected chi connectivity index (χ4v) is 4.44. The average Bonchev–Trinajstić information content (AvgIpc) is 3.17. The number of nitrogens with zero attached hydrogens (tertiary/aromatic N) is 1. The summed E-state index contributed by atoms with van der Waals surface area (Å²) in [6.45, 7) is 0.163. The van der Waals surface area contributed by atoms with Crippen LogP contribution in [0.15, 0.2) is 54.6 Å². The molecule has 176 valence electrons. The lowest BCUT2D eigenvalue weighted by Crippen LogP contribution is -2.52. The van der Waals surface area contributed by atoms with Gasteiger partial charge in [0.15, 0.2) is 5.41 Å². The summed E-state index contributed by atoms with van der Waals surface area (Å²) in [6.07, 6.45) is -2.12. The van der Waals surface area contributed by atoms with E-state index in [1.165, 1.54) is 0 Å². The molecule has 1 heterocycles. The molecule has 2 aromatic carbocycles. The predicted molar refractivity (Wildman–Crippen MR) is 119 cm³/mol. The first-order valence-electron chi connectivity index (χ1n) is 11.3. The number of carbonyl (C=O) groups excluding carboxylic acids is 2. The topological polar surface area (TPSA) is 61.4 Å². The average molecular weight is 460 g/mol. The number of hydrogen-bond acceptors (Lipinski definition) is 3. The number of benzene rings is 2. The summed E-state index contributed by atoms with van der Waals surface area (Å²) in [4.78, 5) is 26.7. The minimum absolute atomic E-state index is 0.0289. The van der Waals surface area contributed by atoms with Crippen molar-refractivity contribution in [2.75, 3.05) is 18.4 Å². The van der Waals surface area contributed by atoms with Crippen LogP contribution < -0.4 is 10.6 Å². The number of nitrogens with one attached hydrogen (secondary N) is 2. The summed E-state index contributed by atoms with van der Waals surface area (Å²) in [5.74, 6) is -1.02. The van der Waals surface area contributed by atoms with Crippen LogP contribution in [0.4, 0.5) is 18.9 Å². The van der Waals surface area contributed by atoms with Crippen LogP contribution in [-0.4, -0.2) is 36.0 Å². The van der Waals surface area contributed by atoms with Crippen LogP contribution in [0.25, 0.3) is 0 Å². The highest BCUT2D eigenvalue weighted by Crippen LogP contribution is 2.46. The molecule has 5 nitrogen and oxygen atoms in total. The molecule has 8 heteroatoms. The van der Waals surface area contributed by atoms with E-state index in [0.717, 1.165) is 24.8 Å². The molecule has 0 radical (unpaired) electrons. The highest BCUT2D eigenvalue weighted by atomic mass is 19.4. The zero-order valence-electron chi connectivity index (χ0n) is 18.3. The molecule has 1 aliphatic carbocycles. The minimum Gasteiger partial charge on any atom is -0.351 e. The third kappa shape index (κ3) is 5.21. The van der Waals surface area contributed by atoms with Crippen molar-refractivity contribution in [2.45, 2.75) is 44.9 Å². The SMILES string of the molecule is O=C(Nc1cccc(CNC(=O)C2(C(F)(F)F)CCN(Cc3ccccc3)C2)c1)C1CCC1.